The van der Waals surface area contributed by atoms with Crippen LogP contribution in [0.2, 0.25) is 16.6 Å². The number of hydrogen-bond acceptors (Lipinski definition) is 7. The van der Waals surface area contributed by atoms with Gasteiger partial charge in [-0.3, -0.25) is 5.41 Å². The minimum Gasteiger partial charge on any atom is -0.448 e. The minimum absolute atomic E-state index is 0.227. The van der Waals surface area contributed by atoms with Crippen LogP contribution in [0.25, 0.3) is 10.4 Å². The van der Waals surface area contributed by atoms with Crippen LogP contribution < -0.4 is 0 Å². The quantitative estimate of drug-likeness (QED) is 0.0713. The number of alkyl halides is 3. The number of rotatable bonds is 8. The number of ether oxygens (including phenoxy) is 4. The van der Waals surface area contributed by atoms with Gasteiger partial charge >= 0.3 is 0 Å². The molecule has 1 N–H and O–H groups in total. The zero-order chi connectivity index (χ0) is 25.4. The van der Waals surface area contributed by atoms with Crippen LogP contribution in [0.15, 0.2) is 5.11 Å². The van der Waals surface area contributed by atoms with Gasteiger partial charge in [-0.25, -0.2) is 0 Å². The second kappa shape index (κ2) is 10.8. The standard InChI is InChI=1S/C20H35Cl3N4O5Si/c1-10(2)33(11(3)4,12(5)6)28-9-13-15-16(32-19(7,8)31-15)14(26-27-25)17(29-13)30-18(24)20(21,22)23/h10-17,24H,9H2,1-8H3/t13-,14-,15+,16-,17+/m1/s1. The summed E-state index contributed by atoms with van der Waals surface area (Å²) in [7, 11) is -2.21. The van der Waals surface area contributed by atoms with E-state index in [4.69, 9.17) is 69.1 Å². The molecule has 2 aliphatic heterocycles. The average molecular weight is 546 g/mol. The molecular formula is C20H35Cl3N4O5Si. The van der Waals surface area contributed by atoms with E-state index in [0.29, 0.717) is 16.6 Å². The molecular weight excluding hydrogens is 511 g/mol. The van der Waals surface area contributed by atoms with Crippen molar-refractivity contribution in [3.8, 4) is 0 Å². The van der Waals surface area contributed by atoms with Crippen molar-refractivity contribution < 1.29 is 23.4 Å². The van der Waals surface area contributed by atoms with E-state index < -0.39 is 54.4 Å². The van der Waals surface area contributed by atoms with Crippen LogP contribution in [-0.2, 0) is 23.4 Å². The zero-order valence-electron chi connectivity index (χ0n) is 20.3. The highest BCUT2D eigenvalue weighted by Crippen LogP contribution is 2.44. The van der Waals surface area contributed by atoms with Crippen LogP contribution in [-0.4, -0.2) is 61.0 Å². The van der Waals surface area contributed by atoms with Gasteiger partial charge in [0.2, 0.25) is 12.2 Å². The summed E-state index contributed by atoms with van der Waals surface area (Å²) in [5.74, 6) is -1.59. The Balaban J connectivity index is 2.38. The zero-order valence-corrected chi connectivity index (χ0v) is 23.6. The summed E-state index contributed by atoms with van der Waals surface area (Å²) in [4.78, 5) is 2.90. The Kier molecular flexibility index (Phi) is 9.44. The van der Waals surface area contributed by atoms with Crippen LogP contribution >= 0.6 is 34.8 Å². The van der Waals surface area contributed by atoms with E-state index in [9.17, 15) is 0 Å². The predicted octanol–water partition coefficient (Wildman–Crippen LogP) is 6.47. The SMILES string of the molecule is CC(C)[Si](OC[C@H]1O[C@@H](OC(=N)C(Cl)(Cl)Cl)[C@H](N=[N+]=[N-])[C@H]2OC(C)(C)O[C@H]21)(C(C)C)C(C)C. The number of azide groups is 1. The summed E-state index contributed by atoms with van der Waals surface area (Å²) in [6.45, 7) is 16.9. The highest BCUT2D eigenvalue weighted by Gasteiger charge is 2.57. The van der Waals surface area contributed by atoms with E-state index in [1.54, 1.807) is 13.8 Å². The first-order chi connectivity index (χ1) is 15.1. The molecule has 0 bridgehead atoms. The van der Waals surface area contributed by atoms with Gasteiger partial charge < -0.3 is 23.4 Å². The largest absolute Gasteiger partial charge is 0.448 e. The van der Waals surface area contributed by atoms with Gasteiger partial charge in [0.05, 0.1) is 6.61 Å². The van der Waals surface area contributed by atoms with Crippen LogP contribution in [0, 0.1) is 5.41 Å². The topological polar surface area (TPSA) is 119 Å². The molecule has 0 saturated carbocycles. The van der Waals surface area contributed by atoms with E-state index >= 15 is 0 Å². The summed E-state index contributed by atoms with van der Waals surface area (Å²) < 4.78 is 28.5. The summed E-state index contributed by atoms with van der Waals surface area (Å²) in [5.41, 5.74) is 10.2. The van der Waals surface area contributed by atoms with Crippen molar-refractivity contribution in [3.05, 3.63) is 10.4 Å². The van der Waals surface area contributed by atoms with Gasteiger partial charge in [-0.1, -0.05) is 81.5 Å². The van der Waals surface area contributed by atoms with Crippen molar-refractivity contribution >= 4 is 49.0 Å². The molecule has 2 aliphatic rings. The predicted molar refractivity (Wildman–Crippen MR) is 132 cm³/mol. The van der Waals surface area contributed by atoms with Crippen LogP contribution in [0.3, 0.4) is 0 Å². The molecule has 190 valence electrons. The third-order valence-electron chi connectivity index (χ3n) is 6.34. The number of nitrogens with zero attached hydrogens (tertiary/aromatic N) is 3. The number of halogens is 3. The van der Waals surface area contributed by atoms with Crippen molar-refractivity contribution in [2.45, 2.75) is 112 Å². The highest BCUT2D eigenvalue weighted by molar-refractivity contribution is 6.77. The molecule has 13 heteroatoms. The van der Waals surface area contributed by atoms with E-state index in [0.717, 1.165) is 0 Å². The second-order valence-corrected chi connectivity index (χ2v) is 17.6. The third-order valence-corrected chi connectivity index (χ3v) is 12.9. The van der Waals surface area contributed by atoms with E-state index in [-0.39, 0.29) is 6.61 Å². The lowest BCUT2D eigenvalue weighted by Gasteiger charge is -2.45. The van der Waals surface area contributed by atoms with Gasteiger partial charge in [0.15, 0.2) is 14.1 Å². The van der Waals surface area contributed by atoms with Crippen molar-refractivity contribution in [2.75, 3.05) is 6.61 Å². The van der Waals surface area contributed by atoms with Gasteiger partial charge in [0.1, 0.15) is 24.4 Å². The van der Waals surface area contributed by atoms with Crippen molar-refractivity contribution in [2.24, 2.45) is 5.11 Å². The Morgan fingerprint density at radius 2 is 1.61 bits per heavy atom. The van der Waals surface area contributed by atoms with Gasteiger partial charge in [-0.05, 0) is 36.0 Å². The normalized spacial score (nSPS) is 29.8. The van der Waals surface area contributed by atoms with Crippen molar-refractivity contribution in [1.29, 1.82) is 5.41 Å². The summed E-state index contributed by atoms with van der Waals surface area (Å²) in [5, 5.41) is 11.8. The Hall–Kier alpha value is -0.293. The lowest BCUT2D eigenvalue weighted by Crippen LogP contribution is -2.59. The third kappa shape index (κ3) is 6.29. The molecule has 5 atom stereocenters. The maximum atomic E-state index is 9.14. The van der Waals surface area contributed by atoms with Crippen LogP contribution in [0.5, 0.6) is 0 Å². The number of nitrogens with one attached hydrogen (secondary N) is 1. The first-order valence-electron chi connectivity index (χ1n) is 11.1. The lowest BCUT2D eigenvalue weighted by molar-refractivity contribution is -0.219. The van der Waals surface area contributed by atoms with Crippen LogP contribution in [0.1, 0.15) is 55.4 Å². The first-order valence-corrected chi connectivity index (χ1v) is 14.4. The molecule has 9 nitrogen and oxygen atoms in total. The Labute approximate surface area is 211 Å². The van der Waals surface area contributed by atoms with E-state index in [2.05, 4.69) is 51.6 Å². The maximum absolute atomic E-state index is 9.14. The Bertz CT molecular complexity index is 737. The monoisotopic (exact) mass is 544 g/mol. The molecule has 0 aliphatic carbocycles. The average Bonchev–Trinajstić information content (AvgIpc) is 2.98. The van der Waals surface area contributed by atoms with E-state index in [1.165, 1.54) is 0 Å². The van der Waals surface area contributed by atoms with Gasteiger partial charge in [-0.2, -0.15) is 0 Å². The summed E-state index contributed by atoms with van der Waals surface area (Å²) in [6, 6.07) is -0.965. The molecule has 2 heterocycles. The number of fused-ring (bicyclic) bond motifs is 1. The van der Waals surface area contributed by atoms with E-state index in [1.807, 2.05) is 0 Å². The molecule has 0 aromatic carbocycles. The molecule has 0 aromatic heterocycles. The number of hydrogen-bond donors (Lipinski definition) is 1. The Morgan fingerprint density at radius 3 is 2.06 bits per heavy atom. The summed E-state index contributed by atoms with van der Waals surface area (Å²) in [6.07, 6.45) is -3.10. The molecule has 2 fully saturated rings. The molecule has 0 aromatic rings. The fourth-order valence-electron chi connectivity index (χ4n) is 5.17. The molecule has 0 radical (unpaired) electrons. The molecule has 33 heavy (non-hydrogen) atoms. The molecule has 0 unspecified atom stereocenters. The Morgan fingerprint density at radius 1 is 1.09 bits per heavy atom. The highest BCUT2D eigenvalue weighted by atomic mass is 35.6. The maximum Gasteiger partial charge on any atom is 0.265 e. The second-order valence-electron chi connectivity index (χ2n) is 9.88. The van der Waals surface area contributed by atoms with Crippen molar-refractivity contribution in [3.63, 3.8) is 0 Å². The smallest absolute Gasteiger partial charge is 0.265 e. The fourth-order valence-corrected chi connectivity index (χ4v) is 10.8. The molecule has 0 amide bonds. The van der Waals surface area contributed by atoms with Gasteiger partial charge in [0.25, 0.3) is 3.79 Å². The van der Waals surface area contributed by atoms with Gasteiger partial charge in [0, 0.05) is 4.91 Å². The van der Waals surface area contributed by atoms with Gasteiger partial charge in [-0.15, -0.1) is 0 Å². The first kappa shape index (κ1) is 28.9. The van der Waals surface area contributed by atoms with Crippen LogP contribution in [0.4, 0.5) is 0 Å². The lowest BCUT2D eigenvalue weighted by atomic mass is 9.98. The fraction of sp³-hybridized carbons (Fsp3) is 0.950. The van der Waals surface area contributed by atoms with Crippen molar-refractivity contribution in [1.82, 2.24) is 0 Å². The molecule has 0 spiro atoms. The molecule has 2 saturated heterocycles. The molecule has 2 rings (SSSR count). The summed E-state index contributed by atoms with van der Waals surface area (Å²) >= 11 is 17.4. The minimum atomic E-state index is -2.21.